The fourth-order valence-electron chi connectivity index (χ4n) is 8.95. The van der Waals surface area contributed by atoms with Crippen molar-refractivity contribution in [3.05, 3.63) is 77.1 Å². The van der Waals surface area contributed by atoms with Gasteiger partial charge in [0.2, 0.25) is 17.7 Å². The summed E-state index contributed by atoms with van der Waals surface area (Å²) >= 11 is 0. The molecule has 3 N–H and O–H groups in total. The molecule has 4 aromatic carbocycles. The predicted molar refractivity (Wildman–Crippen MR) is 197 cm³/mol. The van der Waals surface area contributed by atoms with Gasteiger partial charge in [0.05, 0.1) is 43.9 Å². The topological polar surface area (TPSA) is 183 Å². The number of amides is 4. The first-order valence-electron chi connectivity index (χ1n) is 18.4. The van der Waals surface area contributed by atoms with Gasteiger partial charge in [-0.2, -0.15) is 8.42 Å². The number of halogens is 3. The van der Waals surface area contributed by atoms with Crippen LogP contribution in [-0.4, -0.2) is 104 Å². The minimum absolute atomic E-state index is 0.0454. The summed E-state index contributed by atoms with van der Waals surface area (Å²) in [5.41, 5.74) is 0.674. The van der Waals surface area contributed by atoms with E-state index in [0.29, 0.717) is 31.8 Å². The van der Waals surface area contributed by atoms with E-state index >= 15 is 13.2 Å². The number of ketones is 1. The Bertz CT molecular complexity index is 2580. The maximum Gasteiger partial charge on any atom is 0.326 e. The van der Waals surface area contributed by atoms with Gasteiger partial charge in [-0.3, -0.25) is 34.2 Å². The molecular weight excluding hydrogens is 772 g/mol. The highest BCUT2D eigenvalue weighted by Gasteiger charge is 2.49. The van der Waals surface area contributed by atoms with Crippen molar-refractivity contribution < 1.29 is 55.4 Å². The van der Waals surface area contributed by atoms with E-state index in [1.807, 2.05) is 0 Å². The van der Waals surface area contributed by atoms with E-state index in [2.05, 4.69) is 5.32 Å². The van der Waals surface area contributed by atoms with Crippen LogP contribution < -0.4 is 19.1 Å². The number of benzene rings is 4. The molecular formula is C39H34F3N5O9S. The standard InChI is InChI=1S/C39H34F3N5O9S/c40-35-27-13-20(5-4-19(27)12-29(48)36(35)47-16-31(50)44-57(47,54)55)56-21-14-46(15-21)32(51)17-45-11-10-28(39(41,42)18-45)22-6-7-24-33-23(22)2-1-3-25(33)37(52)34(24)26-8-9-30(49)43-38(26)53/h1-7,12-13,21,26,28,34,48H,8-11,14-18H2,(H,44,50)(H,43,49,53). The molecule has 57 heavy (non-hydrogen) atoms. The van der Waals surface area contributed by atoms with Gasteiger partial charge in [0.1, 0.15) is 29.8 Å². The molecule has 0 aromatic heterocycles. The van der Waals surface area contributed by atoms with Crippen molar-refractivity contribution in [3.8, 4) is 11.5 Å². The summed E-state index contributed by atoms with van der Waals surface area (Å²) in [5.74, 6) is -9.94. The highest BCUT2D eigenvalue weighted by Crippen LogP contribution is 2.49. The second-order valence-electron chi connectivity index (χ2n) is 15.2. The Hall–Kier alpha value is -5.75. The number of carbonyl (C=O) groups is 5. The van der Waals surface area contributed by atoms with E-state index in [9.17, 15) is 37.5 Å². The summed E-state index contributed by atoms with van der Waals surface area (Å²) in [6.07, 6.45) is -0.118. The average molecular weight is 806 g/mol. The lowest BCUT2D eigenvalue weighted by atomic mass is 9.79. The molecule has 18 heteroatoms. The average Bonchev–Trinajstić information content (AvgIpc) is 3.57. The number of piperidine rings is 2. The SMILES string of the molecule is O=C1CCC(C2C(=O)c3cccc4c(C5CCN(CC(=O)N6CC(Oc7ccc8cc(O)c(N9CC(=O)NS9(=O)=O)c(F)c8c7)C6)CC5(F)F)ccc2c34)C(=O)N1. The first-order chi connectivity index (χ1) is 27.1. The van der Waals surface area contributed by atoms with Crippen molar-refractivity contribution >= 4 is 66.9 Å². The van der Waals surface area contributed by atoms with Crippen molar-refractivity contribution in [1.29, 1.82) is 0 Å². The Kier molecular flexibility index (Phi) is 8.51. The number of fused-ring (bicyclic) bond motifs is 1. The number of imide groups is 1. The van der Waals surface area contributed by atoms with Gasteiger partial charge in [0.25, 0.3) is 11.8 Å². The van der Waals surface area contributed by atoms with Gasteiger partial charge in [0, 0.05) is 17.4 Å². The number of hydrogen-bond acceptors (Lipinski definition) is 10. The largest absolute Gasteiger partial charge is 0.506 e. The molecule has 0 saturated carbocycles. The van der Waals surface area contributed by atoms with Gasteiger partial charge in [-0.1, -0.05) is 36.4 Å². The fraction of sp³-hybridized carbons (Fsp3) is 0.359. The summed E-state index contributed by atoms with van der Waals surface area (Å²) in [6.45, 7) is -1.12. The van der Waals surface area contributed by atoms with Crippen LogP contribution in [0.2, 0.25) is 0 Å². The molecule has 3 atom stereocenters. The van der Waals surface area contributed by atoms with Crippen molar-refractivity contribution in [2.45, 2.75) is 43.1 Å². The van der Waals surface area contributed by atoms with Gasteiger partial charge in [-0.15, -0.1) is 0 Å². The third-order valence-corrected chi connectivity index (χ3v) is 13.0. The maximum absolute atomic E-state index is 16.0. The number of hydrogen-bond donors (Lipinski definition) is 3. The van der Waals surface area contributed by atoms with Gasteiger partial charge in [0.15, 0.2) is 11.6 Å². The minimum atomic E-state index is -4.40. The van der Waals surface area contributed by atoms with Gasteiger partial charge in [-0.25, -0.2) is 22.2 Å². The molecule has 9 rings (SSSR count). The molecule has 4 fully saturated rings. The zero-order chi connectivity index (χ0) is 40.1. The number of likely N-dealkylation sites (tertiary alicyclic amines) is 2. The second kappa shape index (κ2) is 13.2. The Morgan fingerprint density at radius 3 is 2.46 bits per heavy atom. The smallest absolute Gasteiger partial charge is 0.326 e. The van der Waals surface area contributed by atoms with E-state index in [0.717, 1.165) is 0 Å². The van der Waals surface area contributed by atoms with E-state index in [4.69, 9.17) is 4.74 Å². The molecule has 1 aliphatic carbocycles. The first kappa shape index (κ1) is 36.9. The van der Waals surface area contributed by atoms with Crippen LogP contribution in [0, 0.1) is 11.7 Å². The van der Waals surface area contributed by atoms with E-state index in [1.54, 1.807) is 35.1 Å². The van der Waals surface area contributed by atoms with Crippen LogP contribution in [0.1, 0.15) is 52.6 Å². The number of nitrogens with zero attached hydrogens (tertiary/aromatic N) is 3. The van der Waals surface area contributed by atoms with Crippen LogP contribution >= 0.6 is 0 Å². The van der Waals surface area contributed by atoms with Crippen LogP contribution in [0.5, 0.6) is 11.5 Å². The Morgan fingerprint density at radius 2 is 1.74 bits per heavy atom. The number of ether oxygens (including phenoxy) is 1. The van der Waals surface area contributed by atoms with Crippen molar-refractivity contribution in [1.82, 2.24) is 19.8 Å². The zero-order valence-electron chi connectivity index (χ0n) is 30.0. The molecule has 5 aliphatic rings. The molecule has 4 amide bonds. The Labute approximate surface area is 322 Å². The first-order valence-corrected chi connectivity index (χ1v) is 19.8. The maximum atomic E-state index is 16.0. The number of anilines is 1. The molecule has 0 bridgehead atoms. The van der Waals surface area contributed by atoms with Crippen LogP contribution in [0.4, 0.5) is 18.9 Å². The lowest BCUT2D eigenvalue weighted by Gasteiger charge is -2.42. The lowest BCUT2D eigenvalue weighted by molar-refractivity contribution is -0.144. The Balaban J connectivity index is 0.843. The summed E-state index contributed by atoms with van der Waals surface area (Å²) < 4.78 is 80.5. The molecule has 4 heterocycles. The summed E-state index contributed by atoms with van der Waals surface area (Å²) in [4.78, 5) is 65.9. The fourth-order valence-corrected chi connectivity index (χ4v) is 10.1. The van der Waals surface area contributed by atoms with Crippen LogP contribution in [0.15, 0.2) is 54.6 Å². The number of rotatable bonds is 7. The van der Waals surface area contributed by atoms with Crippen molar-refractivity contribution in [2.24, 2.45) is 5.92 Å². The quantitative estimate of drug-likeness (QED) is 0.235. The van der Waals surface area contributed by atoms with Crippen molar-refractivity contribution in [2.75, 3.05) is 43.6 Å². The van der Waals surface area contributed by atoms with Crippen LogP contribution in [0.25, 0.3) is 21.5 Å². The molecule has 4 saturated heterocycles. The molecule has 0 radical (unpaired) electrons. The van der Waals surface area contributed by atoms with E-state index in [1.165, 1.54) is 34.1 Å². The van der Waals surface area contributed by atoms with E-state index in [-0.39, 0.29) is 73.7 Å². The third-order valence-electron chi connectivity index (χ3n) is 11.7. The number of alkyl halides is 2. The number of nitrogens with one attached hydrogen (secondary N) is 2. The molecule has 0 spiro atoms. The predicted octanol–water partition coefficient (Wildman–Crippen LogP) is 3.07. The highest BCUT2D eigenvalue weighted by molar-refractivity contribution is 7.92. The zero-order valence-corrected chi connectivity index (χ0v) is 30.8. The van der Waals surface area contributed by atoms with E-state index < -0.39 is 88.1 Å². The summed E-state index contributed by atoms with van der Waals surface area (Å²) in [5, 5.41) is 14.0. The molecule has 296 valence electrons. The number of aromatic hydroxyl groups is 1. The summed E-state index contributed by atoms with van der Waals surface area (Å²) in [6, 6.07) is 13.7. The molecule has 4 aromatic rings. The van der Waals surface area contributed by atoms with Gasteiger partial charge < -0.3 is 14.7 Å². The molecule has 4 aliphatic heterocycles. The van der Waals surface area contributed by atoms with Crippen LogP contribution in [-0.2, 0) is 29.4 Å². The van der Waals surface area contributed by atoms with Gasteiger partial charge in [-0.05, 0) is 64.9 Å². The lowest BCUT2D eigenvalue weighted by Crippen LogP contribution is -2.59. The number of phenols is 1. The second-order valence-corrected chi connectivity index (χ2v) is 16.8. The van der Waals surface area contributed by atoms with Gasteiger partial charge >= 0.3 is 10.2 Å². The third kappa shape index (κ3) is 6.12. The minimum Gasteiger partial charge on any atom is -0.506 e. The number of phenolic OH excluding ortho intramolecular Hbond substituents is 1. The highest BCUT2D eigenvalue weighted by atomic mass is 32.2. The Morgan fingerprint density at radius 1 is 0.965 bits per heavy atom. The van der Waals surface area contributed by atoms with Crippen molar-refractivity contribution in [3.63, 3.8) is 0 Å². The number of carbonyl (C=O) groups excluding carboxylic acids is 5. The van der Waals surface area contributed by atoms with Crippen LogP contribution in [0.3, 0.4) is 0 Å². The molecule has 3 unspecified atom stereocenters. The monoisotopic (exact) mass is 805 g/mol. The molecule has 14 nitrogen and oxygen atoms in total. The number of Topliss-reactive ketones (excluding diaryl/α,β-unsaturated/α-hetero) is 1. The summed E-state index contributed by atoms with van der Waals surface area (Å²) in [7, 11) is -4.40. The normalized spacial score (nSPS) is 24.5.